The third kappa shape index (κ3) is 3.47. The van der Waals surface area contributed by atoms with Gasteiger partial charge in [0, 0.05) is 24.3 Å². The summed E-state index contributed by atoms with van der Waals surface area (Å²) in [5.74, 6) is -0.0304. The van der Waals surface area contributed by atoms with Crippen LogP contribution >= 0.6 is 0 Å². The molecule has 1 amide bonds. The van der Waals surface area contributed by atoms with E-state index in [0.717, 1.165) is 42.9 Å². The second-order valence-electron chi connectivity index (χ2n) is 4.88. The van der Waals surface area contributed by atoms with Crippen LogP contribution in [0.15, 0.2) is 18.2 Å². The van der Waals surface area contributed by atoms with Crippen LogP contribution in [0.4, 0.5) is 11.4 Å². The van der Waals surface area contributed by atoms with Gasteiger partial charge >= 0.3 is 0 Å². The fraction of sp³-hybridized carbons (Fsp3) is 0.500. The monoisotopic (exact) mass is 247 g/mol. The fourth-order valence-corrected chi connectivity index (χ4v) is 2.24. The molecule has 1 aliphatic rings. The van der Waals surface area contributed by atoms with Crippen molar-refractivity contribution in [2.24, 2.45) is 0 Å². The van der Waals surface area contributed by atoms with Gasteiger partial charge in [0.15, 0.2) is 0 Å². The van der Waals surface area contributed by atoms with Crippen LogP contribution in [0, 0.1) is 6.92 Å². The van der Waals surface area contributed by atoms with Crippen LogP contribution in [0.2, 0.25) is 0 Å². The van der Waals surface area contributed by atoms with Crippen LogP contribution < -0.4 is 16.0 Å². The second kappa shape index (κ2) is 5.87. The maximum absolute atomic E-state index is 11.1. The van der Waals surface area contributed by atoms with Crippen molar-refractivity contribution in [1.82, 2.24) is 5.32 Å². The van der Waals surface area contributed by atoms with E-state index in [0.29, 0.717) is 6.04 Å². The first kappa shape index (κ1) is 12.9. The van der Waals surface area contributed by atoms with E-state index in [1.165, 1.54) is 6.92 Å². The molecule has 18 heavy (non-hydrogen) atoms. The normalized spacial score (nSPS) is 16.3. The van der Waals surface area contributed by atoms with Crippen molar-refractivity contribution < 1.29 is 4.79 Å². The molecule has 1 fully saturated rings. The molecule has 0 aliphatic carbocycles. The topological polar surface area (TPSA) is 53.2 Å². The van der Waals surface area contributed by atoms with Gasteiger partial charge in [-0.3, -0.25) is 4.79 Å². The Balaban J connectivity index is 2.05. The van der Waals surface area contributed by atoms with Crippen molar-refractivity contribution in [2.45, 2.75) is 32.7 Å². The molecule has 1 saturated heterocycles. The molecule has 2 rings (SSSR count). The van der Waals surface area contributed by atoms with Gasteiger partial charge < -0.3 is 16.0 Å². The number of hydrogen-bond donors (Lipinski definition) is 3. The fourth-order valence-electron chi connectivity index (χ4n) is 2.24. The number of carbonyl (C=O) groups is 1. The van der Waals surface area contributed by atoms with Crippen LogP contribution in [-0.2, 0) is 4.79 Å². The molecule has 1 aliphatic heterocycles. The number of amides is 1. The molecule has 4 heteroatoms. The molecule has 1 heterocycles. The summed E-state index contributed by atoms with van der Waals surface area (Å²) in [7, 11) is 0. The molecule has 0 bridgehead atoms. The van der Waals surface area contributed by atoms with Gasteiger partial charge in [-0.1, -0.05) is 6.07 Å². The largest absolute Gasteiger partial charge is 0.382 e. The van der Waals surface area contributed by atoms with Crippen LogP contribution in [-0.4, -0.2) is 25.0 Å². The van der Waals surface area contributed by atoms with E-state index in [4.69, 9.17) is 0 Å². The summed E-state index contributed by atoms with van der Waals surface area (Å²) < 4.78 is 0. The molecule has 0 atom stereocenters. The van der Waals surface area contributed by atoms with Crippen LogP contribution in [0.1, 0.15) is 25.3 Å². The van der Waals surface area contributed by atoms with Crippen molar-refractivity contribution in [1.29, 1.82) is 0 Å². The molecule has 0 saturated carbocycles. The van der Waals surface area contributed by atoms with Gasteiger partial charge in [-0.25, -0.2) is 0 Å². The van der Waals surface area contributed by atoms with E-state index in [1.807, 2.05) is 19.1 Å². The standard InChI is InChI=1S/C14H21N3O/c1-10-3-4-13(9-14(10)16-11(2)18)17-12-5-7-15-8-6-12/h3-4,9,12,15,17H,5-8H2,1-2H3,(H,16,18). The third-order valence-corrected chi connectivity index (χ3v) is 3.26. The maximum atomic E-state index is 11.1. The van der Waals surface area contributed by atoms with Crippen LogP contribution in [0.5, 0.6) is 0 Å². The number of rotatable bonds is 3. The first-order valence-electron chi connectivity index (χ1n) is 6.50. The van der Waals surface area contributed by atoms with E-state index in [9.17, 15) is 4.79 Å². The van der Waals surface area contributed by atoms with Crippen LogP contribution in [0.3, 0.4) is 0 Å². The lowest BCUT2D eigenvalue weighted by atomic mass is 10.1. The third-order valence-electron chi connectivity index (χ3n) is 3.26. The lowest BCUT2D eigenvalue weighted by Crippen LogP contribution is -2.35. The van der Waals surface area contributed by atoms with Gasteiger partial charge in [0.25, 0.3) is 0 Å². The molecule has 1 aromatic rings. The molecule has 3 N–H and O–H groups in total. The van der Waals surface area contributed by atoms with Gasteiger partial charge in [0.05, 0.1) is 0 Å². The Labute approximate surface area is 108 Å². The molecule has 0 radical (unpaired) electrons. The first-order valence-corrected chi connectivity index (χ1v) is 6.50. The smallest absolute Gasteiger partial charge is 0.221 e. The molecule has 1 aromatic carbocycles. The zero-order chi connectivity index (χ0) is 13.0. The quantitative estimate of drug-likeness (QED) is 0.767. The number of hydrogen-bond acceptors (Lipinski definition) is 3. The summed E-state index contributed by atoms with van der Waals surface area (Å²) in [5, 5.41) is 9.74. The molecular weight excluding hydrogens is 226 g/mol. The number of carbonyl (C=O) groups excluding carboxylic acids is 1. The summed E-state index contributed by atoms with van der Waals surface area (Å²) in [4.78, 5) is 11.1. The summed E-state index contributed by atoms with van der Waals surface area (Å²) in [6, 6.07) is 6.65. The van der Waals surface area contributed by atoms with E-state index >= 15 is 0 Å². The van der Waals surface area contributed by atoms with Gasteiger partial charge in [-0.05, 0) is 50.6 Å². The predicted octanol–water partition coefficient (Wildman–Crippen LogP) is 2.12. The van der Waals surface area contributed by atoms with E-state index < -0.39 is 0 Å². The summed E-state index contributed by atoms with van der Waals surface area (Å²) in [6.07, 6.45) is 2.28. The van der Waals surface area contributed by atoms with Gasteiger partial charge in [-0.2, -0.15) is 0 Å². The number of piperidine rings is 1. The van der Waals surface area contributed by atoms with Gasteiger partial charge in [-0.15, -0.1) is 0 Å². The Bertz CT molecular complexity index is 425. The van der Waals surface area contributed by atoms with Crippen LogP contribution in [0.25, 0.3) is 0 Å². The minimum atomic E-state index is -0.0304. The van der Waals surface area contributed by atoms with Crippen molar-refractivity contribution in [3.8, 4) is 0 Å². The van der Waals surface area contributed by atoms with Crippen molar-refractivity contribution >= 4 is 17.3 Å². The number of nitrogens with one attached hydrogen (secondary N) is 3. The number of anilines is 2. The average molecular weight is 247 g/mol. The highest BCUT2D eigenvalue weighted by molar-refractivity contribution is 5.90. The zero-order valence-corrected chi connectivity index (χ0v) is 11.0. The lowest BCUT2D eigenvalue weighted by Gasteiger charge is -2.25. The first-order chi connectivity index (χ1) is 8.65. The average Bonchev–Trinajstić information content (AvgIpc) is 2.34. The molecule has 4 nitrogen and oxygen atoms in total. The van der Waals surface area contributed by atoms with Gasteiger partial charge in [0.2, 0.25) is 5.91 Å². The molecule has 0 spiro atoms. The lowest BCUT2D eigenvalue weighted by molar-refractivity contribution is -0.114. The Hall–Kier alpha value is -1.55. The maximum Gasteiger partial charge on any atom is 0.221 e. The number of aryl methyl sites for hydroxylation is 1. The second-order valence-corrected chi connectivity index (χ2v) is 4.88. The van der Waals surface area contributed by atoms with E-state index in [2.05, 4.69) is 22.0 Å². The zero-order valence-electron chi connectivity index (χ0n) is 11.0. The van der Waals surface area contributed by atoms with E-state index in [1.54, 1.807) is 0 Å². The predicted molar refractivity (Wildman–Crippen MR) is 75.0 cm³/mol. The van der Waals surface area contributed by atoms with Crippen molar-refractivity contribution in [3.63, 3.8) is 0 Å². The Kier molecular flexibility index (Phi) is 4.20. The highest BCUT2D eigenvalue weighted by atomic mass is 16.1. The molecular formula is C14H21N3O. The summed E-state index contributed by atoms with van der Waals surface area (Å²) in [6.45, 7) is 5.68. The minimum Gasteiger partial charge on any atom is -0.382 e. The Morgan fingerprint density at radius 2 is 2.06 bits per heavy atom. The summed E-state index contributed by atoms with van der Waals surface area (Å²) in [5.41, 5.74) is 3.05. The molecule has 0 aromatic heterocycles. The van der Waals surface area contributed by atoms with Gasteiger partial charge in [0.1, 0.15) is 0 Å². The van der Waals surface area contributed by atoms with E-state index in [-0.39, 0.29) is 5.91 Å². The Morgan fingerprint density at radius 1 is 1.33 bits per heavy atom. The molecule has 98 valence electrons. The summed E-state index contributed by atoms with van der Waals surface area (Å²) >= 11 is 0. The minimum absolute atomic E-state index is 0.0304. The Morgan fingerprint density at radius 3 is 2.72 bits per heavy atom. The number of benzene rings is 1. The van der Waals surface area contributed by atoms with Crippen molar-refractivity contribution in [3.05, 3.63) is 23.8 Å². The van der Waals surface area contributed by atoms with Crippen molar-refractivity contribution in [2.75, 3.05) is 23.7 Å². The highest BCUT2D eigenvalue weighted by Crippen LogP contribution is 2.22. The molecule has 0 unspecified atom stereocenters. The SMILES string of the molecule is CC(=O)Nc1cc(NC2CCNCC2)ccc1C. The highest BCUT2D eigenvalue weighted by Gasteiger charge is 2.12.